The number of hydrogen-bond donors (Lipinski definition) is 2. The van der Waals surface area contributed by atoms with E-state index in [0.717, 1.165) is 11.1 Å². The highest BCUT2D eigenvalue weighted by Gasteiger charge is 2.46. The highest BCUT2D eigenvalue weighted by atomic mass is 16.6. The summed E-state index contributed by atoms with van der Waals surface area (Å²) < 4.78 is 11.2. The van der Waals surface area contributed by atoms with Crippen molar-refractivity contribution < 1.29 is 24.5 Å². The first-order valence-corrected chi connectivity index (χ1v) is 9.11. The normalized spacial score (nSPS) is 25.2. The predicted molar refractivity (Wildman–Crippen MR) is 99.9 cm³/mol. The minimum atomic E-state index is -1.12. The molecule has 3 rings (SSSR count). The number of carbonyl (C=O) groups excluding carboxylic acids is 1. The summed E-state index contributed by atoms with van der Waals surface area (Å²) >= 11 is 0. The zero-order valence-electron chi connectivity index (χ0n) is 15.3. The molecule has 0 bridgehead atoms. The molecule has 0 aliphatic carbocycles. The zero-order chi connectivity index (χ0) is 19.2. The smallest absolute Gasteiger partial charge is 0.410 e. The number of likely N-dealkylation sites (tertiary alicyclic amines) is 1. The van der Waals surface area contributed by atoms with Crippen LogP contribution in [0.5, 0.6) is 0 Å². The quantitative estimate of drug-likeness (QED) is 0.844. The van der Waals surface area contributed by atoms with Gasteiger partial charge in [-0.3, -0.25) is 4.90 Å². The summed E-state index contributed by atoms with van der Waals surface area (Å²) in [6, 6.07) is 18.4. The highest BCUT2D eigenvalue weighted by molar-refractivity contribution is 5.69. The Morgan fingerprint density at radius 3 is 2.33 bits per heavy atom. The fourth-order valence-electron chi connectivity index (χ4n) is 3.38. The molecule has 2 aromatic carbocycles. The molecule has 4 atom stereocenters. The van der Waals surface area contributed by atoms with Crippen LogP contribution in [0.4, 0.5) is 4.79 Å². The number of β-amino-alcohol motifs (C(OH)–C–C–N with tert-alkyl or cyclic N) is 1. The maximum atomic E-state index is 12.5. The van der Waals surface area contributed by atoms with Gasteiger partial charge in [-0.05, 0) is 18.1 Å². The third kappa shape index (κ3) is 4.47. The maximum Gasteiger partial charge on any atom is 0.410 e. The summed E-state index contributed by atoms with van der Waals surface area (Å²) in [4.78, 5) is 13.9. The summed E-state index contributed by atoms with van der Waals surface area (Å²) in [6.07, 6.45) is -3.56. The van der Waals surface area contributed by atoms with Crippen molar-refractivity contribution in [3.05, 3.63) is 71.8 Å². The molecule has 27 heavy (non-hydrogen) atoms. The Balaban J connectivity index is 1.90. The van der Waals surface area contributed by atoms with Crippen molar-refractivity contribution in [2.45, 2.75) is 37.9 Å². The van der Waals surface area contributed by atoms with Gasteiger partial charge in [0.2, 0.25) is 0 Å². The van der Waals surface area contributed by atoms with Crippen molar-refractivity contribution in [2.75, 3.05) is 13.2 Å². The Morgan fingerprint density at radius 2 is 1.70 bits per heavy atom. The SMILES string of the molecule is CCOC(=O)N1C[C@H](O)[C@H](O)[C@@H](OCc2ccccc2)[C@H]1c1ccccc1. The van der Waals surface area contributed by atoms with Crippen molar-refractivity contribution in [2.24, 2.45) is 0 Å². The molecule has 0 aromatic heterocycles. The van der Waals surface area contributed by atoms with Crippen LogP contribution in [0.1, 0.15) is 24.1 Å². The van der Waals surface area contributed by atoms with Gasteiger partial charge in [-0.2, -0.15) is 0 Å². The van der Waals surface area contributed by atoms with Crippen LogP contribution in [-0.4, -0.2) is 52.7 Å². The maximum absolute atomic E-state index is 12.5. The molecule has 0 unspecified atom stereocenters. The van der Waals surface area contributed by atoms with Gasteiger partial charge in [-0.15, -0.1) is 0 Å². The lowest BCUT2D eigenvalue weighted by Gasteiger charge is -2.45. The van der Waals surface area contributed by atoms with Gasteiger partial charge in [0.1, 0.15) is 18.3 Å². The molecule has 1 aliphatic heterocycles. The van der Waals surface area contributed by atoms with Crippen molar-refractivity contribution >= 4 is 6.09 Å². The molecule has 1 amide bonds. The Kier molecular flexibility index (Phi) is 6.45. The van der Waals surface area contributed by atoms with Gasteiger partial charge in [-0.25, -0.2) is 4.79 Å². The van der Waals surface area contributed by atoms with Crippen LogP contribution >= 0.6 is 0 Å². The summed E-state index contributed by atoms with van der Waals surface area (Å²) in [5.41, 5.74) is 1.76. The van der Waals surface area contributed by atoms with E-state index >= 15 is 0 Å². The number of rotatable bonds is 5. The second-order valence-electron chi connectivity index (χ2n) is 6.53. The van der Waals surface area contributed by atoms with E-state index in [-0.39, 0.29) is 19.8 Å². The number of aliphatic hydroxyl groups is 2. The number of ether oxygens (including phenoxy) is 2. The topological polar surface area (TPSA) is 79.2 Å². The molecule has 144 valence electrons. The molecular weight excluding hydrogens is 346 g/mol. The monoisotopic (exact) mass is 371 g/mol. The summed E-state index contributed by atoms with van der Waals surface area (Å²) in [5, 5.41) is 20.9. The predicted octanol–water partition coefficient (Wildman–Crippen LogP) is 2.51. The summed E-state index contributed by atoms with van der Waals surface area (Å²) in [5.74, 6) is 0. The molecule has 1 fully saturated rings. The fraction of sp³-hybridized carbons (Fsp3) is 0.381. The second kappa shape index (κ2) is 8.99. The standard InChI is InChI=1S/C21H25NO5/c1-2-26-21(25)22-13-17(23)19(24)20(18(22)16-11-7-4-8-12-16)27-14-15-9-5-3-6-10-15/h3-12,17-20,23-24H,2,13-14H2,1H3/t17-,18+,19-,20-/m0/s1. The molecule has 0 radical (unpaired) electrons. The first-order chi connectivity index (χ1) is 13.1. The average molecular weight is 371 g/mol. The van der Waals surface area contributed by atoms with E-state index in [1.807, 2.05) is 60.7 Å². The number of benzene rings is 2. The van der Waals surface area contributed by atoms with Gasteiger partial charge in [0.25, 0.3) is 0 Å². The number of piperidine rings is 1. The van der Waals surface area contributed by atoms with E-state index in [1.54, 1.807) is 6.92 Å². The van der Waals surface area contributed by atoms with Crippen LogP contribution in [0.15, 0.2) is 60.7 Å². The van der Waals surface area contributed by atoms with Crippen LogP contribution in [-0.2, 0) is 16.1 Å². The molecule has 0 spiro atoms. The molecule has 1 saturated heterocycles. The van der Waals surface area contributed by atoms with Crippen LogP contribution in [0.2, 0.25) is 0 Å². The lowest BCUT2D eigenvalue weighted by Crippen LogP contribution is -2.59. The van der Waals surface area contributed by atoms with Crippen LogP contribution in [0, 0.1) is 0 Å². The van der Waals surface area contributed by atoms with Gasteiger partial charge in [0.15, 0.2) is 0 Å². The third-order valence-corrected chi connectivity index (χ3v) is 4.69. The highest BCUT2D eigenvalue weighted by Crippen LogP contribution is 2.34. The van der Waals surface area contributed by atoms with Gasteiger partial charge in [0.05, 0.1) is 25.8 Å². The zero-order valence-corrected chi connectivity index (χ0v) is 15.3. The number of aliphatic hydroxyl groups excluding tert-OH is 2. The summed E-state index contributed by atoms with van der Waals surface area (Å²) in [7, 11) is 0. The minimum Gasteiger partial charge on any atom is -0.450 e. The molecule has 1 aliphatic rings. The van der Waals surface area contributed by atoms with Crippen LogP contribution in [0.3, 0.4) is 0 Å². The van der Waals surface area contributed by atoms with E-state index in [1.165, 1.54) is 4.90 Å². The number of hydrogen-bond acceptors (Lipinski definition) is 5. The van der Waals surface area contributed by atoms with Gasteiger partial charge in [0, 0.05) is 0 Å². The molecule has 0 saturated carbocycles. The number of nitrogens with zero attached hydrogens (tertiary/aromatic N) is 1. The van der Waals surface area contributed by atoms with Crippen molar-refractivity contribution in [3.8, 4) is 0 Å². The van der Waals surface area contributed by atoms with E-state index < -0.39 is 30.4 Å². The summed E-state index contributed by atoms with van der Waals surface area (Å²) in [6.45, 7) is 2.19. The minimum absolute atomic E-state index is 0.0231. The first-order valence-electron chi connectivity index (χ1n) is 9.11. The van der Waals surface area contributed by atoms with E-state index in [9.17, 15) is 15.0 Å². The molecule has 2 N–H and O–H groups in total. The van der Waals surface area contributed by atoms with Crippen molar-refractivity contribution in [1.82, 2.24) is 4.90 Å². The van der Waals surface area contributed by atoms with Crippen LogP contribution in [0.25, 0.3) is 0 Å². The Labute approximate surface area is 159 Å². The largest absolute Gasteiger partial charge is 0.450 e. The lowest BCUT2D eigenvalue weighted by atomic mass is 9.89. The average Bonchev–Trinajstić information content (AvgIpc) is 2.70. The number of carbonyl (C=O) groups is 1. The van der Waals surface area contributed by atoms with Crippen molar-refractivity contribution in [1.29, 1.82) is 0 Å². The van der Waals surface area contributed by atoms with Gasteiger partial charge in [-0.1, -0.05) is 60.7 Å². The van der Waals surface area contributed by atoms with Gasteiger partial charge >= 0.3 is 6.09 Å². The lowest BCUT2D eigenvalue weighted by molar-refractivity contribution is -0.159. The van der Waals surface area contributed by atoms with Crippen molar-refractivity contribution in [3.63, 3.8) is 0 Å². The van der Waals surface area contributed by atoms with E-state index in [4.69, 9.17) is 9.47 Å². The number of amides is 1. The van der Waals surface area contributed by atoms with Crippen LogP contribution < -0.4 is 0 Å². The molecule has 6 nitrogen and oxygen atoms in total. The molecule has 2 aromatic rings. The Morgan fingerprint density at radius 1 is 1.07 bits per heavy atom. The second-order valence-corrected chi connectivity index (χ2v) is 6.53. The molecule has 6 heteroatoms. The molecule has 1 heterocycles. The van der Waals surface area contributed by atoms with Gasteiger partial charge < -0.3 is 19.7 Å². The van der Waals surface area contributed by atoms with E-state index in [2.05, 4.69) is 0 Å². The van der Waals surface area contributed by atoms with E-state index in [0.29, 0.717) is 0 Å². The fourth-order valence-corrected chi connectivity index (χ4v) is 3.38. The Hall–Kier alpha value is -2.41. The molecular formula is C21H25NO5. The third-order valence-electron chi connectivity index (χ3n) is 4.69. The Bertz CT molecular complexity index is 724. The first kappa shape index (κ1) is 19.4.